The van der Waals surface area contributed by atoms with Crippen LogP contribution in [0.3, 0.4) is 0 Å². The van der Waals surface area contributed by atoms with Gasteiger partial charge in [0.25, 0.3) is 5.91 Å². The summed E-state index contributed by atoms with van der Waals surface area (Å²) in [7, 11) is -3.32. The minimum Gasteiger partial charge on any atom is -0.355 e. The number of nitrogens with zero attached hydrogens (tertiary/aromatic N) is 3. The van der Waals surface area contributed by atoms with Gasteiger partial charge in [0, 0.05) is 23.4 Å². The number of nitrogens with one attached hydrogen (secondary N) is 1. The van der Waals surface area contributed by atoms with Crippen molar-refractivity contribution >= 4 is 32.2 Å². The number of hydrogen-bond acceptors (Lipinski definition) is 8. The van der Waals surface area contributed by atoms with E-state index in [1.807, 2.05) is 24.4 Å². The maximum Gasteiger partial charge on any atom is 0.263 e. The van der Waals surface area contributed by atoms with E-state index in [1.165, 1.54) is 23.5 Å². The number of pyridine rings is 1. The molecule has 1 N–H and O–H groups in total. The molecule has 158 valence electrons. The fourth-order valence-corrected chi connectivity index (χ4v) is 4.36. The molecule has 31 heavy (non-hydrogen) atoms. The molecule has 8 nitrogen and oxygen atoms in total. The van der Waals surface area contributed by atoms with E-state index in [9.17, 15) is 13.2 Å². The number of carbonyl (C=O) groups excluding carboxylic acids is 1. The van der Waals surface area contributed by atoms with Crippen LogP contribution in [-0.2, 0) is 9.84 Å². The molecule has 0 aliphatic heterocycles. The average Bonchev–Trinajstić information content (AvgIpc) is 3.34. The second-order valence-corrected chi connectivity index (χ2v) is 9.80. The number of amides is 1. The van der Waals surface area contributed by atoms with Crippen molar-refractivity contribution in [2.24, 2.45) is 0 Å². The molecule has 0 radical (unpaired) electrons. The fraction of sp³-hybridized carbons (Fsp3) is 0.143. The zero-order chi connectivity index (χ0) is 22.2. The monoisotopic (exact) mass is 454 g/mol. The third-order valence-electron chi connectivity index (χ3n) is 4.61. The molecule has 4 aromatic rings. The summed E-state index contributed by atoms with van der Waals surface area (Å²) in [5, 5.41) is 8.95. The van der Waals surface area contributed by atoms with Crippen LogP contribution in [-0.4, -0.2) is 35.7 Å². The number of thiazole rings is 1. The van der Waals surface area contributed by atoms with E-state index in [-0.39, 0.29) is 16.2 Å². The van der Waals surface area contributed by atoms with Crippen molar-refractivity contribution in [2.45, 2.75) is 18.7 Å². The van der Waals surface area contributed by atoms with Crippen LogP contribution in [0.1, 0.15) is 21.6 Å². The van der Waals surface area contributed by atoms with Gasteiger partial charge < -0.3 is 4.52 Å². The standard InChI is InChI=1S/C21H18N4O4S2/c1-12-5-4-10-22-18(12)16-11-30-21(23-16)24-20(26)17-13(2)25-29-19(17)14-6-8-15(9-7-14)31(3,27)28/h4-11H,1-3H3,(H,23,24,26). The number of hydrogen-bond donors (Lipinski definition) is 1. The lowest BCUT2D eigenvalue weighted by Crippen LogP contribution is -2.13. The Morgan fingerprint density at radius 1 is 1.13 bits per heavy atom. The quantitative estimate of drug-likeness (QED) is 0.482. The highest BCUT2D eigenvalue weighted by molar-refractivity contribution is 7.90. The highest BCUT2D eigenvalue weighted by atomic mass is 32.2. The molecule has 0 fully saturated rings. The summed E-state index contributed by atoms with van der Waals surface area (Å²) in [5.41, 5.74) is 3.64. The summed E-state index contributed by atoms with van der Waals surface area (Å²) in [6.07, 6.45) is 2.83. The van der Waals surface area contributed by atoms with Crippen molar-refractivity contribution in [1.82, 2.24) is 15.1 Å². The first-order valence-corrected chi connectivity index (χ1v) is 12.0. The Balaban J connectivity index is 1.61. The number of benzene rings is 1. The van der Waals surface area contributed by atoms with Crippen LogP contribution in [0.15, 0.2) is 57.4 Å². The Kier molecular flexibility index (Phi) is 5.42. The van der Waals surface area contributed by atoms with Crippen LogP contribution < -0.4 is 5.32 Å². The predicted octanol–water partition coefficient (Wildman–Crippen LogP) is 4.13. The van der Waals surface area contributed by atoms with Gasteiger partial charge >= 0.3 is 0 Å². The maximum absolute atomic E-state index is 13.0. The molecule has 0 spiro atoms. The Bertz CT molecular complexity index is 1370. The summed E-state index contributed by atoms with van der Waals surface area (Å²) in [4.78, 5) is 22.0. The molecular weight excluding hydrogens is 436 g/mol. The molecule has 0 saturated carbocycles. The molecule has 0 saturated heterocycles. The third-order valence-corrected chi connectivity index (χ3v) is 6.50. The number of carbonyl (C=O) groups is 1. The Morgan fingerprint density at radius 2 is 1.87 bits per heavy atom. The van der Waals surface area contributed by atoms with E-state index in [0.717, 1.165) is 17.5 Å². The van der Waals surface area contributed by atoms with Gasteiger partial charge in [0.05, 0.1) is 16.3 Å². The van der Waals surface area contributed by atoms with Crippen LogP contribution >= 0.6 is 11.3 Å². The van der Waals surface area contributed by atoms with E-state index < -0.39 is 15.7 Å². The van der Waals surface area contributed by atoms with Gasteiger partial charge in [-0.3, -0.25) is 15.1 Å². The van der Waals surface area contributed by atoms with Crippen LogP contribution in [0.5, 0.6) is 0 Å². The van der Waals surface area contributed by atoms with Crippen LogP contribution in [0.4, 0.5) is 5.13 Å². The van der Waals surface area contributed by atoms with Crippen LogP contribution in [0.2, 0.25) is 0 Å². The smallest absolute Gasteiger partial charge is 0.263 e. The molecular formula is C21H18N4O4S2. The van der Waals surface area contributed by atoms with Crippen LogP contribution in [0.25, 0.3) is 22.7 Å². The van der Waals surface area contributed by atoms with Gasteiger partial charge in [0.15, 0.2) is 20.7 Å². The molecule has 3 heterocycles. The first-order chi connectivity index (χ1) is 14.7. The van der Waals surface area contributed by atoms with Crippen molar-refractivity contribution in [3.05, 3.63) is 64.8 Å². The average molecular weight is 455 g/mol. The second kappa shape index (κ2) is 8.05. The molecule has 0 aliphatic rings. The van der Waals surface area contributed by atoms with Gasteiger partial charge in [-0.05, 0) is 49.7 Å². The summed E-state index contributed by atoms with van der Waals surface area (Å²) < 4.78 is 28.7. The minimum absolute atomic E-state index is 0.179. The third kappa shape index (κ3) is 4.25. The lowest BCUT2D eigenvalue weighted by Gasteiger charge is -2.04. The SMILES string of the molecule is Cc1cccnc1-c1csc(NC(=O)c2c(C)noc2-c2ccc(S(C)(=O)=O)cc2)n1. The van der Waals surface area contributed by atoms with E-state index in [1.54, 1.807) is 25.3 Å². The van der Waals surface area contributed by atoms with Crippen molar-refractivity contribution < 1.29 is 17.7 Å². The first-order valence-electron chi connectivity index (χ1n) is 9.19. The molecule has 4 rings (SSSR count). The maximum atomic E-state index is 13.0. The molecule has 0 bridgehead atoms. The van der Waals surface area contributed by atoms with Crippen molar-refractivity contribution in [3.8, 4) is 22.7 Å². The zero-order valence-electron chi connectivity index (χ0n) is 16.9. The summed E-state index contributed by atoms with van der Waals surface area (Å²) in [5.74, 6) is -0.160. The van der Waals surface area contributed by atoms with Crippen LogP contribution in [0, 0.1) is 13.8 Å². The molecule has 3 aromatic heterocycles. The topological polar surface area (TPSA) is 115 Å². The number of sulfone groups is 1. The minimum atomic E-state index is -3.32. The molecule has 10 heteroatoms. The number of aromatic nitrogens is 3. The lowest BCUT2D eigenvalue weighted by molar-refractivity contribution is 0.102. The van der Waals surface area contributed by atoms with Gasteiger partial charge in [-0.15, -0.1) is 11.3 Å². The number of aryl methyl sites for hydroxylation is 2. The highest BCUT2D eigenvalue weighted by Gasteiger charge is 2.23. The largest absolute Gasteiger partial charge is 0.355 e. The molecule has 0 aliphatic carbocycles. The van der Waals surface area contributed by atoms with Crippen molar-refractivity contribution in [2.75, 3.05) is 11.6 Å². The fourth-order valence-electron chi connectivity index (χ4n) is 3.04. The number of anilines is 1. The van der Waals surface area contributed by atoms with E-state index in [0.29, 0.717) is 22.1 Å². The molecule has 0 unspecified atom stereocenters. The van der Waals surface area contributed by atoms with E-state index in [4.69, 9.17) is 4.52 Å². The Morgan fingerprint density at radius 3 is 2.55 bits per heavy atom. The Hall–Kier alpha value is -3.37. The zero-order valence-corrected chi connectivity index (χ0v) is 18.5. The number of rotatable bonds is 5. The van der Waals surface area contributed by atoms with Gasteiger partial charge in [-0.2, -0.15) is 0 Å². The Labute approximate surface area is 182 Å². The van der Waals surface area contributed by atoms with Crippen molar-refractivity contribution in [3.63, 3.8) is 0 Å². The highest BCUT2D eigenvalue weighted by Crippen LogP contribution is 2.30. The van der Waals surface area contributed by atoms with Gasteiger partial charge in [0.2, 0.25) is 0 Å². The summed E-state index contributed by atoms with van der Waals surface area (Å²) in [6, 6.07) is 9.89. The lowest BCUT2D eigenvalue weighted by atomic mass is 10.1. The molecule has 1 aromatic carbocycles. The molecule has 0 atom stereocenters. The van der Waals surface area contributed by atoms with E-state index in [2.05, 4.69) is 20.4 Å². The summed E-state index contributed by atoms with van der Waals surface area (Å²) in [6.45, 7) is 3.61. The molecule has 1 amide bonds. The van der Waals surface area contributed by atoms with E-state index >= 15 is 0 Å². The second-order valence-electron chi connectivity index (χ2n) is 6.93. The summed E-state index contributed by atoms with van der Waals surface area (Å²) >= 11 is 1.29. The normalized spacial score (nSPS) is 11.5. The predicted molar refractivity (Wildman–Crippen MR) is 118 cm³/mol. The van der Waals surface area contributed by atoms with Gasteiger partial charge in [-0.1, -0.05) is 11.2 Å². The first kappa shape index (κ1) is 20.9. The van der Waals surface area contributed by atoms with Gasteiger partial charge in [-0.25, -0.2) is 13.4 Å². The van der Waals surface area contributed by atoms with Crippen molar-refractivity contribution in [1.29, 1.82) is 0 Å². The van der Waals surface area contributed by atoms with Gasteiger partial charge in [0.1, 0.15) is 11.3 Å².